The number of nitrogens with zero attached hydrogens (tertiary/aromatic N) is 4. The maximum atomic E-state index is 12.4. The molecular weight excluding hydrogens is 429 g/mol. The van der Waals surface area contributed by atoms with Crippen LogP contribution in [0.5, 0.6) is 0 Å². The van der Waals surface area contributed by atoms with E-state index < -0.39 is 0 Å². The largest absolute Gasteiger partial charge is 0.469 e. The molecule has 4 rings (SSSR count). The number of halogens is 1. The van der Waals surface area contributed by atoms with Crippen LogP contribution in [0.4, 0.5) is 5.82 Å². The molecule has 0 unspecified atom stereocenters. The highest BCUT2D eigenvalue weighted by Gasteiger charge is 2.24. The minimum absolute atomic E-state index is 0.0103. The number of anilines is 1. The van der Waals surface area contributed by atoms with Gasteiger partial charge in [0, 0.05) is 48.4 Å². The lowest BCUT2D eigenvalue weighted by Crippen LogP contribution is -2.42. The van der Waals surface area contributed by atoms with Crippen molar-refractivity contribution >= 4 is 48.3 Å². The second-order valence-corrected chi connectivity index (χ2v) is 8.35. The fraction of sp³-hybridized carbons (Fsp3) is 0.364. The molecule has 8 nitrogen and oxygen atoms in total. The van der Waals surface area contributed by atoms with Gasteiger partial charge < -0.3 is 15.0 Å². The Morgan fingerprint density at radius 2 is 2.00 bits per heavy atom. The van der Waals surface area contributed by atoms with Crippen molar-refractivity contribution in [3.63, 3.8) is 0 Å². The monoisotopic (exact) mass is 453 g/mol. The molecule has 1 aliphatic rings. The van der Waals surface area contributed by atoms with Crippen molar-refractivity contribution < 1.29 is 14.3 Å². The molecule has 166 valence electrons. The highest BCUT2D eigenvalue weighted by Crippen LogP contribution is 2.29. The lowest BCUT2D eigenvalue weighted by molar-refractivity contribution is -0.143. The molecule has 10 heteroatoms. The summed E-state index contributed by atoms with van der Waals surface area (Å²) in [6.45, 7) is 1.28. The molecule has 1 aliphatic heterocycles. The number of likely N-dealkylation sites (tertiary alicyclic amines) is 1. The number of methoxy groups -OCH3 is 1. The molecular formula is C22H25BClN5O3. The zero-order chi connectivity index (χ0) is 22.7. The van der Waals surface area contributed by atoms with E-state index in [1.807, 2.05) is 47.6 Å². The average Bonchev–Trinajstić information content (AvgIpc) is 3.19. The summed E-state index contributed by atoms with van der Waals surface area (Å²) < 4.78 is 6.42. The van der Waals surface area contributed by atoms with Crippen molar-refractivity contribution in [2.24, 2.45) is 0 Å². The molecule has 1 aromatic carbocycles. The number of fused-ring (bicyclic) bond motifs is 1. The van der Waals surface area contributed by atoms with Crippen molar-refractivity contribution in [3.8, 4) is 11.3 Å². The molecule has 3 heterocycles. The summed E-state index contributed by atoms with van der Waals surface area (Å²) in [4.78, 5) is 30.2. The van der Waals surface area contributed by atoms with Gasteiger partial charge in [-0.15, -0.1) is 0 Å². The van der Waals surface area contributed by atoms with E-state index in [-0.39, 0.29) is 30.8 Å². The first-order valence-electron chi connectivity index (χ1n) is 10.7. The number of hydrogen-bond donors (Lipinski definition) is 1. The Kier molecular flexibility index (Phi) is 6.65. The topological polar surface area (TPSA) is 88.8 Å². The van der Waals surface area contributed by atoms with Crippen LogP contribution in [0.3, 0.4) is 0 Å². The number of piperidine rings is 1. The Hall–Kier alpha value is -3.07. The van der Waals surface area contributed by atoms with Crippen molar-refractivity contribution in [2.45, 2.75) is 31.7 Å². The zero-order valence-corrected chi connectivity index (χ0v) is 18.9. The third-order valence-electron chi connectivity index (χ3n) is 5.77. The van der Waals surface area contributed by atoms with Gasteiger partial charge in [0.25, 0.3) is 0 Å². The van der Waals surface area contributed by atoms with Gasteiger partial charge in [-0.25, -0.2) is 4.98 Å². The minimum Gasteiger partial charge on any atom is -0.469 e. The number of ether oxygens (including phenoxy) is 1. The molecule has 0 aliphatic carbocycles. The molecule has 1 N–H and O–H groups in total. The molecule has 1 saturated heterocycles. The van der Waals surface area contributed by atoms with Gasteiger partial charge in [-0.1, -0.05) is 29.8 Å². The molecule has 2 aromatic heterocycles. The summed E-state index contributed by atoms with van der Waals surface area (Å²) >= 11 is 6.42. The molecule has 1 amide bonds. The average molecular weight is 454 g/mol. The van der Waals surface area contributed by atoms with Crippen LogP contribution in [-0.2, 0) is 14.3 Å². The number of benzene rings is 1. The first-order valence-corrected chi connectivity index (χ1v) is 11.1. The third kappa shape index (κ3) is 4.72. The molecule has 3 aromatic rings. The normalized spacial score (nSPS) is 14.5. The van der Waals surface area contributed by atoms with Crippen LogP contribution in [0.15, 0.2) is 36.5 Å². The van der Waals surface area contributed by atoms with Gasteiger partial charge in [-0.05, 0) is 24.4 Å². The maximum absolute atomic E-state index is 12.4. The van der Waals surface area contributed by atoms with Crippen molar-refractivity contribution in [1.82, 2.24) is 19.5 Å². The molecule has 0 saturated carbocycles. The molecule has 0 radical (unpaired) electrons. The smallest absolute Gasteiger partial charge is 0.306 e. The maximum Gasteiger partial charge on any atom is 0.306 e. The molecule has 0 spiro atoms. The molecule has 32 heavy (non-hydrogen) atoms. The van der Waals surface area contributed by atoms with E-state index >= 15 is 0 Å². The standard InChI is InChI=1S/C22H25BClN5O3/c1-32-21(31)7-6-20(30)28-10-8-14(9-11-28)26-19-12-18(15-4-2-3-5-17(15)24)27-22-16(23)13-25-29(19)22/h2-5,12-14,26H,6-11,23H2,1H3. The minimum atomic E-state index is -0.361. The van der Waals surface area contributed by atoms with Crippen molar-refractivity contribution in [2.75, 3.05) is 25.5 Å². The Labute approximate surface area is 192 Å². The number of hydrogen-bond acceptors (Lipinski definition) is 6. The van der Waals surface area contributed by atoms with Gasteiger partial charge in [0.05, 0.1) is 19.2 Å². The van der Waals surface area contributed by atoms with E-state index in [2.05, 4.69) is 15.2 Å². The number of amides is 1. The second-order valence-electron chi connectivity index (χ2n) is 7.94. The third-order valence-corrected chi connectivity index (χ3v) is 6.10. The first kappa shape index (κ1) is 22.1. The Balaban J connectivity index is 1.49. The Bertz CT molecular complexity index is 1140. The predicted molar refractivity (Wildman–Crippen MR) is 126 cm³/mol. The Morgan fingerprint density at radius 3 is 2.72 bits per heavy atom. The van der Waals surface area contributed by atoms with Gasteiger partial charge in [-0.3, -0.25) is 9.59 Å². The first-order chi connectivity index (χ1) is 15.5. The molecule has 1 fully saturated rings. The van der Waals surface area contributed by atoms with Gasteiger partial charge in [-0.2, -0.15) is 9.61 Å². The SMILES string of the molecule is Bc1cnn2c(NC3CCN(C(=O)CCC(=O)OC)CC3)cc(-c3ccccc3Cl)nc12. The number of carbonyl (C=O) groups is 2. The lowest BCUT2D eigenvalue weighted by atomic mass is 10.0. The van der Waals surface area contributed by atoms with Crippen LogP contribution in [0, 0.1) is 0 Å². The summed E-state index contributed by atoms with van der Waals surface area (Å²) in [6, 6.07) is 9.80. The lowest BCUT2D eigenvalue weighted by Gasteiger charge is -2.33. The Morgan fingerprint density at radius 1 is 1.25 bits per heavy atom. The summed E-state index contributed by atoms with van der Waals surface area (Å²) in [6.07, 6.45) is 3.70. The van der Waals surface area contributed by atoms with E-state index in [4.69, 9.17) is 16.6 Å². The summed E-state index contributed by atoms with van der Waals surface area (Å²) in [7, 11) is 3.31. The van der Waals surface area contributed by atoms with E-state index in [9.17, 15) is 9.59 Å². The van der Waals surface area contributed by atoms with Crippen molar-refractivity contribution in [1.29, 1.82) is 0 Å². The van der Waals surface area contributed by atoms with E-state index in [0.717, 1.165) is 41.0 Å². The van der Waals surface area contributed by atoms with Crippen LogP contribution in [0.25, 0.3) is 16.9 Å². The number of nitrogens with one attached hydrogen (secondary N) is 1. The van der Waals surface area contributed by atoms with Crippen LogP contribution >= 0.6 is 11.6 Å². The highest BCUT2D eigenvalue weighted by atomic mass is 35.5. The van der Waals surface area contributed by atoms with E-state index in [1.165, 1.54) is 7.11 Å². The summed E-state index contributed by atoms with van der Waals surface area (Å²) in [5.74, 6) is 0.470. The summed E-state index contributed by atoms with van der Waals surface area (Å²) in [5, 5.41) is 8.72. The van der Waals surface area contributed by atoms with E-state index in [1.54, 1.807) is 6.20 Å². The van der Waals surface area contributed by atoms with Crippen LogP contribution in [0.1, 0.15) is 25.7 Å². The fourth-order valence-corrected chi connectivity index (χ4v) is 4.17. The fourth-order valence-electron chi connectivity index (χ4n) is 3.93. The number of esters is 1. The number of aromatic nitrogens is 3. The van der Waals surface area contributed by atoms with Crippen LogP contribution in [-0.4, -0.2) is 65.5 Å². The molecule has 0 bridgehead atoms. The highest BCUT2D eigenvalue weighted by molar-refractivity contribution is 6.36. The molecule has 0 atom stereocenters. The zero-order valence-electron chi connectivity index (χ0n) is 18.2. The van der Waals surface area contributed by atoms with E-state index in [0.29, 0.717) is 18.1 Å². The van der Waals surface area contributed by atoms with Crippen molar-refractivity contribution in [3.05, 3.63) is 41.6 Å². The quantitative estimate of drug-likeness (QED) is 0.451. The predicted octanol–water partition coefficient (Wildman–Crippen LogP) is 1.66. The van der Waals surface area contributed by atoms with Crippen LogP contribution < -0.4 is 10.8 Å². The second kappa shape index (κ2) is 9.60. The number of rotatable bonds is 6. The van der Waals surface area contributed by atoms with Gasteiger partial charge in [0.1, 0.15) is 13.7 Å². The van der Waals surface area contributed by atoms with Gasteiger partial charge in [0.15, 0.2) is 5.65 Å². The number of carbonyl (C=O) groups excluding carboxylic acids is 2. The van der Waals surface area contributed by atoms with Gasteiger partial charge >= 0.3 is 5.97 Å². The summed E-state index contributed by atoms with van der Waals surface area (Å²) in [5.41, 5.74) is 3.41. The van der Waals surface area contributed by atoms with Gasteiger partial charge in [0.2, 0.25) is 5.91 Å². The van der Waals surface area contributed by atoms with Crippen LogP contribution in [0.2, 0.25) is 5.02 Å².